The molecule has 5 heteroatoms. The number of benzene rings is 2. The summed E-state index contributed by atoms with van der Waals surface area (Å²) in [6.07, 6.45) is 1.61. The number of hydrogen-bond donors (Lipinski definition) is 2. The Morgan fingerprint density at radius 1 is 1.05 bits per heavy atom. The second kappa shape index (κ2) is 4.85. The summed E-state index contributed by atoms with van der Waals surface area (Å²) >= 11 is 11.8. The molecular weight excluding hydrogens is 297 g/mol. The van der Waals surface area contributed by atoms with E-state index >= 15 is 0 Å². The van der Waals surface area contributed by atoms with Gasteiger partial charge in [0.05, 0.1) is 5.69 Å². The molecule has 0 spiro atoms. The van der Waals surface area contributed by atoms with Crippen LogP contribution in [0.25, 0.3) is 11.6 Å². The summed E-state index contributed by atoms with van der Waals surface area (Å²) < 4.78 is 0. The summed E-state index contributed by atoms with van der Waals surface area (Å²) in [4.78, 5) is 12.0. The lowest BCUT2D eigenvalue weighted by Gasteiger charge is -2.02. The summed E-state index contributed by atoms with van der Waals surface area (Å²) in [7, 11) is 0. The van der Waals surface area contributed by atoms with Gasteiger partial charge >= 0.3 is 0 Å². The van der Waals surface area contributed by atoms with Gasteiger partial charge in [0.2, 0.25) is 0 Å². The highest BCUT2D eigenvalue weighted by Crippen LogP contribution is 2.36. The Balaban J connectivity index is 2.13. The fourth-order valence-corrected chi connectivity index (χ4v) is 2.46. The topological polar surface area (TPSA) is 49.3 Å². The lowest BCUT2D eigenvalue weighted by atomic mass is 10.0. The van der Waals surface area contributed by atoms with E-state index in [9.17, 15) is 9.90 Å². The van der Waals surface area contributed by atoms with Crippen LogP contribution in [0.1, 0.15) is 11.1 Å². The maximum absolute atomic E-state index is 12.0. The van der Waals surface area contributed by atoms with Crippen molar-refractivity contribution in [1.82, 2.24) is 0 Å². The first-order valence-electron chi connectivity index (χ1n) is 5.86. The number of aromatic hydroxyl groups is 1. The van der Waals surface area contributed by atoms with E-state index in [1.54, 1.807) is 36.4 Å². The Morgan fingerprint density at radius 2 is 1.75 bits per heavy atom. The standard InChI is InChI=1S/C15H9Cl2NO2/c16-9-2-4-14(19)8(5-9)6-12-11-3-1-10(17)7-13(11)18-15(12)20/h1-7,19H,(H,18,20)/b12-6+. The van der Waals surface area contributed by atoms with Crippen LogP contribution in [-0.2, 0) is 4.79 Å². The van der Waals surface area contributed by atoms with Crippen LogP contribution in [0.15, 0.2) is 36.4 Å². The van der Waals surface area contributed by atoms with Crippen LogP contribution >= 0.6 is 23.2 Å². The van der Waals surface area contributed by atoms with Crippen molar-refractivity contribution in [2.75, 3.05) is 5.32 Å². The summed E-state index contributed by atoms with van der Waals surface area (Å²) in [6, 6.07) is 9.85. The van der Waals surface area contributed by atoms with Crippen LogP contribution in [-0.4, -0.2) is 11.0 Å². The van der Waals surface area contributed by atoms with Gasteiger partial charge in [0.15, 0.2) is 0 Å². The number of hydrogen-bond acceptors (Lipinski definition) is 2. The molecule has 0 aliphatic carbocycles. The Labute approximate surface area is 125 Å². The van der Waals surface area contributed by atoms with Crippen molar-refractivity contribution in [1.29, 1.82) is 0 Å². The van der Waals surface area contributed by atoms with Crippen molar-refractivity contribution in [3.63, 3.8) is 0 Å². The molecule has 100 valence electrons. The third kappa shape index (κ3) is 2.26. The van der Waals surface area contributed by atoms with Crippen LogP contribution in [0.5, 0.6) is 5.75 Å². The monoisotopic (exact) mass is 305 g/mol. The van der Waals surface area contributed by atoms with E-state index in [-0.39, 0.29) is 11.7 Å². The first-order valence-corrected chi connectivity index (χ1v) is 6.62. The number of rotatable bonds is 1. The third-order valence-corrected chi connectivity index (χ3v) is 3.52. The second-order valence-corrected chi connectivity index (χ2v) is 5.28. The molecule has 2 aromatic rings. The Morgan fingerprint density at radius 3 is 2.55 bits per heavy atom. The molecule has 3 rings (SSSR count). The average Bonchev–Trinajstić information content (AvgIpc) is 2.69. The van der Waals surface area contributed by atoms with Gasteiger partial charge in [0, 0.05) is 26.7 Å². The molecule has 2 aromatic carbocycles. The molecule has 0 saturated carbocycles. The average molecular weight is 306 g/mol. The molecule has 1 amide bonds. The number of fused-ring (bicyclic) bond motifs is 1. The molecule has 0 aromatic heterocycles. The zero-order valence-electron chi connectivity index (χ0n) is 10.2. The molecule has 1 aliphatic rings. The quantitative estimate of drug-likeness (QED) is 0.776. The molecule has 1 heterocycles. The molecule has 0 unspecified atom stereocenters. The Bertz CT molecular complexity index is 754. The Kier molecular flexibility index (Phi) is 3.16. The fraction of sp³-hybridized carbons (Fsp3) is 0. The van der Waals surface area contributed by atoms with Crippen molar-refractivity contribution in [3.8, 4) is 5.75 Å². The zero-order valence-corrected chi connectivity index (χ0v) is 11.7. The lowest BCUT2D eigenvalue weighted by Crippen LogP contribution is -2.03. The van der Waals surface area contributed by atoms with Crippen LogP contribution in [0, 0.1) is 0 Å². The van der Waals surface area contributed by atoms with E-state index in [4.69, 9.17) is 23.2 Å². The van der Waals surface area contributed by atoms with Crippen molar-refractivity contribution in [3.05, 3.63) is 57.6 Å². The molecule has 3 nitrogen and oxygen atoms in total. The summed E-state index contributed by atoms with van der Waals surface area (Å²) in [6.45, 7) is 0. The van der Waals surface area contributed by atoms with Crippen molar-refractivity contribution < 1.29 is 9.90 Å². The molecule has 0 fully saturated rings. The number of amides is 1. The van der Waals surface area contributed by atoms with Crippen molar-refractivity contribution in [2.24, 2.45) is 0 Å². The van der Waals surface area contributed by atoms with Gasteiger partial charge in [0.25, 0.3) is 5.91 Å². The number of nitrogens with one attached hydrogen (secondary N) is 1. The molecule has 0 atom stereocenters. The van der Waals surface area contributed by atoms with E-state index < -0.39 is 0 Å². The first kappa shape index (κ1) is 13.0. The number of halogens is 2. The fourth-order valence-electron chi connectivity index (χ4n) is 2.11. The highest BCUT2D eigenvalue weighted by molar-refractivity contribution is 6.37. The van der Waals surface area contributed by atoms with E-state index in [1.807, 2.05) is 0 Å². The van der Waals surface area contributed by atoms with Gasteiger partial charge in [0.1, 0.15) is 5.75 Å². The minimum Gasteiger partial charge on any atom is -0.507 e. The van der Waals surface area contributed by atoms with Gasteiger partial charge in [-0.05, 0) is 36.4 Å². The molecular formula is C15H9Cl2NO2. The number of anilines is 1. The van der Waals surface area contributed by atoms with Crippen molar-refractivity contribution in [2.45, 2.75) is 0 Å². The minimum absolute atomic E-state index is 0.0668. The maximum Gasteiger partial charge on any atom is 0.256 e. The van der Waals surface area contributed by atoms with Gasteiger partial charge < -0.3 is 10.4 Å². The van der Waals surface area contributed by atoms with E-state index in [0.717, 1.165) is 5.56 Å². The SMILES string of the molecule is O=C1Nc2cc(Cl)ccc2/C1=C\c1cc(Cl)ccc1O. The van der Waals surface area contributed by atoms with E-state index in [0.29, 0.717) is 26.9 Å². The van der Waals surface area contributed by atoms with Crippen LogP contribution in [0.3, 0.4) is 0 Å². The predicted octanol–water partition coefficient (Wildman–Crippen LogP) is 4.19. The van der Waals surface area contributed by atoms with E-state index in [1.165, 1.54) is 6.07 Å². The Hall–Kier alpha value is -1.97. The molecule has 0 radical (unpaired) electrons. The molecule has 0 saturated heterocycles. The molecule has 1 aliphatic heterocycles. The molecule has 0 bridgehead atoms. The van der Waals surface area contributed by atoms with Crippen LogP contribution in [0.2, 0.25) is 10.0 Å². The predicted molar refractivity (Wildman–Crippen MR) is 81.1 cm³/mol. The summed E-state index contributed by atoms with van der Waals surface area (Å²) in [5, 5.41) is 13.6. The van der Waals surface area contributed by atoms with Gasteiger partial charge in [-0.1, -0.05) is 29.3 Å². The van der Waals surface area contributed by atoms with Crippen LogP contribution < -0.4 is 5.32 Å². The number of phenolic OH excluding ortho intramolecular Hbond substituents is 1. The normalized spacial score (nSPS) is 15.3. The lowest BCUT2D eigenvalue weighted by molar-refractivity contribution is -0.110. The van der Waals surface area contributed by atoms with E-state index in [2.05, 4.69) is 5.32 Å². The first-order chi connectivity index (χ1) is 9.54. The van der Waals surface area contributed by atoms with Gasteiger partial charge in [-0.2, -0.15) is 0 Å². The summed E-state index contributed by atoms with van der Waals surface area (Å²) in [5.74, 6) is -0.168. The van der Waals surface area contributed by atoms with Gasteiger partial charge in [-0.25, -0.2) is 0 Å². The minimum atomic E-state index is -0.235. The number of phenols is 1. The number of carbonyl (C=O) groups is 1. The largest absolute Gasteiger partial charge is 0.507 e. The second-order valence-electron chi connectivity index (χ2n) is 4.41. The zero-order chi connectivity index (χ0) is 14.3. The van der Waals surface area contributed by atoms with Gasteiger partial charge in [-0.3, -0.25) is 4.79 Å². The molecule has 20 heavy (non-hydrogen) atoms. The van der Waals surface area contributed by atoms with Gasteiger partial charge in [-0.15, -0.1) is 0 Å². The summed E-state index contributed by atoms with van der Waals surface area (Å²) in [5.41, 5.74) is 2.37. The maximum atomic E-state index is 12.0. The molecule has 2 N–H and O–H groups in total. The van der Waals surface area contributed by atoms with Crippen molar-refractivity contribution >= 4 is 46.4 Å². The smallest absolute Gasteiger partial charge is 0.256 e. The highest BCUT2D eigenvalue weighted by atomic mass is 35.5. The third-order valence-electron chi connectivity index (χ3n) is 3.05. The number of carbonyl (C=O) groups excluding carboxylic acids is 1. The highest BCUT2D eigenvalue weighted by Gasteiger charge is 2.24. The van der Waals surface area contributed by atoms with Crippen LogP contribution in [0.4, 0.5) is 5.69 Å².